The van der Waals surface area contributed by atoms with Crippen LogP contribution < -0.4 is 10.6 Å². The van der Waals surface area contributed by atoms with Gasteiger partial charge in [-0.2, -0.15) is 5.10 Å². The molecule has 3 aromatic carbocycles. The summed E-state index contributed by atoms with van der Waals surface area (Å²) in [5, 5.41) is 10.8. The average molecular weight is 604 g/mol. The summed E-state index contributed by atoms with van der Waals surface area (Å²) in [4.78, 5) is 28.2. The number of aromatic nitrogens is 2. The van der Waals surface area contributed by atoms with E-state index in [1.54, 1.807) is 4.68 Å². The van der Waals surface area contributed by atoms with Crippen molar-refractivity contribution < 1.29 is 9.59 Å². The number of fused-ring (bicyclic) bond motifs is 1. The fraction of sp³-hybridized carbons (Fsp3) is 0.395. The Morgan fingerprint density at radius 1 is 0.844 bits per heavy atom. The lowest BCUT2D eigenvalue weighted by Crippen LogP contribution is -2.39. The van der Waals surface area contributed by atoms with Crippen molar-refractivity contribution in [2.75, 3.05) is 23.7 Å². The van der Waals surface area contributed by atoms with Crippen LogP contribution in [0.15, 0.2) is 78.9 Å². The summed E-state index contributed by atoms with van der Waals surface area (Å²) in [5.41, 5.74) is 7.62. The number of hydrogen-bond donors (Lipinski definition) is 2. The van der Waals surface area contributed by atoms with Gasteiger partial charge in [0, 0.05) is 36.7 Å². The van der Waals surface area contributed by atoms with E-state index in [2.05, 4.69) is 72.7 Å². The lowest BCUT2D eigenvalue weighted by atomic mass is 9.89. The van der Waals surface area contributed by atoms with Crippen LogP contribution >= 0.6 is 0 Å². The van der Waals surface area contributed by atoms with Gasteiger partial charge in [-0.1, -0.05) is 74.9 Å². The zero-order chi connectivity index (χ0) is 31.6. The van der Waals surface area contributed by atoms with Gasteiger partial charge in [0.05, 0.1) is 11.4 Å². The average Bonchev–Trinajstić information content (AvgIpc) is 3.63. The number of aryl methyl sites for hydroxylation is 1. The summed E-state index contributed by atoms with van der Waals surface area (Å²) in [6, 6.07) is 26.4. The van der Waals surface area contributed by atoms with Crippen LogP contribution in [0, 0.1) is 18.8 Å². The molecule has 6 rings (SSSR count). The summed E-state index contributed by atoms with van der Waals surface area (Å²) >= 11 is 0. The molecule has 0 bridgehead atoms. The maximum Gasteiger partial charge on any atom is 0.324 e. The fourth-order valence-corrected chi connectivity index (χ4v) is 6.61. The minimum atomic E-state index is -0.310. The smallest absolute Gasteiger partial charge is 0.324 e. The maximum absolute atomic E-state index is 13.0. The second-order valence-electron chi connectivity index (χ2n) is 14.0. The minimum absolute atomic E-state index is 0.159. The Balaban J connectivity index is 0.988. The summed E-state index contributed by atoms with van der Waals surface area (Å²) < 4.78 is 1.79. The molecule has 1 aromatic heterocycles. The number of carbonyl (C=O) groups is 2. The van der Waals surface area contributed by atoms with E-state index in [9.17, 15) is 9.59 Å². The highest BCUT2D eigenvalue weighted by Gasteiger charge is 2.28. The lowest BCUT2D eigenvalue weighted by molar-refractivity contribution is -0.133. The van der Waals surface area contributed by atoms with Crippen molar-refractivity contribution >= 4 is 23.4 Å². The summed E-state index contributed by atoms with van der Waals surface area (Å²) in [6.07, 6.45) is 5.77. The SMILES string of the molecule is Cc1ccc(-n2nc(C(C)(C)C)cc2NC(=O)Nc2ccc(CC3CCN(C(=O)CC4Cc5ccccc5C4)CC3)cc2)cc1. The van der Waals surface area contributed by atoms with E-state index in [1.807, 2.05) is 49.4 Å². The third-order valence-electron chi connectivity index (χ3n) is 9.30. The quantitative estimate of drug-likeness (QED) is 0.227. The van der Waals surface area contributed by atoms with E-state index >= 15 is 0 Å². The van der Waals surface area contributed by atoms with E-state index in [4.69, 9.17) is 5.10 Å². The van der Waals surface area contributed by atoms with E-state index in [0.717, 1.165) is 62.3 Å². The second kappa shape index (κ2) is 12.9. The van der Waals surface area contributed by atoms with Gasteiger partial charge in [-0.15, -0.1) is 0 Å². The number of nitrogens with one attached hydrogen (secondary N) is 2. The normalized spacial score (nSPS) is 15.6. The van der Waals surface area contributed by atoms with Crippen molar-refractivity contribution in [2.24, 2.45) is 11.8 Å². The monoisotopic (exact) mass is 603 g/mol. The molecule has 0 radical (unpaired) electrons. The second-order valence-corrected chi connectivity index (χ2v) is 14.0. The van der Waals surface area contributed by atoms with Gasteiger partial charge < -0.3 is 10.2 Å². The van der Waals surface area contributed by atoms with Crippen LogP contribution in [0.5, 0.6) is 0 Å². The molecule has 2 heterocycles. The number of likely N-dealkylation sites (tertiary alicyclic amines) is 1. The molecule has 4 aromatic rings. The molecule has 1 fully saturated rings. The molecule has 0 atom stereocenters. The Hall–Kier alpha value is -4.39. The van der Waals surface area contributed by atoms with Crippen molar-refractivity contribution in [1.29, 1.82) is 0 Å². The number of rotatable bonds is 7. The number of carbonyl (C=O) groups excluding carboxylic acids is 2. The highest BCUT2D eigenvalue weighted by atomic mass is 16.2. The highest BCUT2D eigenvalue weighted by Crippen LogP contribution is 2.31. The van der Waals surface area contributed by atoms with E-state index < -0.39 is 0 Å². The van der Waals surface area contributed by atoms with Crippen molar-refractivity contribution in [3.8, 4) is 5.69 Å². The first-order valence-corrected chi connectivity index (χ1v) is 16.3. The lowest BCUT2D eigenvalue weighted by Gasteiger charge is -2.32. The molecule has 0 spiro atoms. The minimum Gasteiger partial charge on any atom is -0.343 e. The molecule has 3 amide bonds. The standard InChI is InChI=1S/C38H45N5O2/c1-26-9-15-33(16-10-26)43-35(25-34(41-43)38(2,3)4)40-37(45)39-32-13-11-27(12-14-32)21-28-17-19-42(20-18-28)36(44)24-29-22-30-7-5-6-8-31(30)23-29/h5-16,25,28-29H,17-24H2,1-4H3,(H2,39,40,45). The van der Waals surface area contributed by atoms with Crippen molar-refractivity contribution in [1.82, 2.24) is 14.7 Å². The Morgan fingerprint density at radius 3 is 2.11 bits per heavy atom. The first-order chi connectivity index (χ1) is 21.6. The summed E-state index contributed by atoms with van der Waals surface area (Å²) in [7, 11) is 0. The Bertz CT molecular complexity index is 1620. The predicted molar refractivity (Wildman–Crippen MR) is 181 cm³/mol. The Kier molecular flexibility index (Phi) is 8.79. The van der Waals surface area contributed by atoms with Crippen LogP contribution in [-0.2, 0) is 29.5 Å². The number of benzene rings is 3. The zero-order valence-corrected chi connectivity index (χ0v) is 27.0. The molecule has 2 N–H and O–H groups in total. The van der Waals surface area contributed by atoms with Crippen molar-refractivity contribution in [2.45, 2.75) is 71.6 Å². The van der Waals surface area contributed by atoms with Crippen LogP contribution in [0.1, 0.15) is 68.0 Å². The number of nitrogens with zero attached hydrogens (tertiary/aromatic N) is 3. The molecule has 45 heavy (non-hydrogen) atoms. The third-order valence-corrected chi connectivity index (χ3v) is 9.30. The number of hydrogen-bond acceptors (Lipinski definition) is 3. The van der Waals surface area contributed by atoms with Crippen molar-refractivity contribution in [3.63, 3.8) is 0 Å². The number of urea groups is 1. The van der Waals surface area contributed by atoms with E-state index in [1.165, 1.54) is 22.3 Å². The van der Waals surface area contributed by atoms with Gasteiger partial charge in [0.1, 0.15) is 5.82 Å². The molecule has 2 aliphatic rings. The van der Waals surface area contributed by atoms with Crippen LogP contribution in [0.4, 0.5) is 16.3 Å². The molecule has 1 aliphatic heterocycles. The Morgan fingerprint density at radius 2 is 1.49 bits per heavy atom. The molecule has 1 saturated heterocycles. The van der Waals surface area contributed by atoms with Crippen LogP contribution in [-0.4, -0.2) is 39.7 Å². The van der Waals surface area contributed by atoms with Gasteiger partial charge in [0.15, 0.2) is 0 Å². The summed E-state index contributed by atoms with van der Waals surface area (Å²) in [5.74, 6) is 1.94. The number of piperidine rings is 1. The maximum atomic E-state index is 13.0. The number of anilines is 2. The van der Waals surface area contributed by atoms with Gasteiger partial charge in [-0.25, -0.2) is 9.48 Å². The van der Waals surface area contributed by atoms with E-state index in [-0.39, 0.29) is 11.4 Å². The number of amides is 3. The molecule has 0 unspecified atom stereocenters. The predicted octanol–water partition coefficient (Wildman–Crippen LogP) is 7.71. The zero-order valence-electron chi connectivity index (χ0n) is 27.0. The van der Waals surface area contributed by atoms with Gasteiger partial charge in [0.2, 0.25) is 5.91 Å². The first-order valence-electron chi connectivity index (χ1n) is 16.3. The van der Waals surface area contributed by atoms with E-state index in [0.29, 0.717) is 30.0 Å². The molecule has 7 nitrogen and oxygen atoms in total. The fourth-order valence-electron chi connectivity index (χ4n) is 6.61. The molecular weight excluding hydrogens is 558 g/mol. The van der Waals surface area contributed by atoms with Gasteiger partial charge in [-0.3, -0.25) is 10.1 Å². The molecule has 234 valence electrons. The molecule has 0 saturated carbocycles. The Labute approximate surface area is 267 Å². The first kappa shape index (κ1) is 30.6. The molecule has 7 heteroatoms. The van der Waals surface area contributed by atoms with Crippen molar-refractivity contribution in [3.05, 3.63) is 107 Å². The largest absolute Gasteiger partial charge is 0.343 e. The van der Waals surface area contributed by atoms with Crippen LogP contribution in [0.25, 0.3) is 5.69 Å². The van der Waals surface area contributed by atoms with Gasteiger partial charge in [-0.05, 0) is 91.8 Å². The van der Waals surface area contributed by atoms with Gasteiger partial charge in [0.25, 0.3) is 0 Å². The summed E-state index contributed by atoms with van der Waals surface area (Å²) in [6.45, 7) is 10.1. The van der Waals surface area contributed by atoms with Gasteiger partial charge >= 0.3 is 6.03 Å². The molecule has 1 aliphatic carbocycles. The van der Waals surface area contributed by atoms with Crippen LogP contribution in [0.2, 0.25) is 0 Å². The third kappa shape index (κ3) is 7.47. The van der Waals surface area contributed by atoms with Crippen LogP contribution in [0.3, 0.4) is 0 Å². The topological polar surface area (TPSA) is 79.3 Å². The molecular formula is C38H45N5O2. The highest BCUT2D eigenvalue weighted by molar-refractivity contribution is 5.99.